The number of hydrogen-bond acceptors (Lipinski definition) is 3. The first-order valence-electron chi connectivity index (χ1n) is 6.57. The molecular formula is C12H23N3O. The molecule has 0 unspecified atom stereocenters. The summed E-state index contributed by atoms with van der Waals surface area (Å²) >= 11 is 0. The third kappa shape index (κ3) is 4.49. The van der Waals surface area contributed by atoms with E-state index >= 15 is 0 Å². The third-order valence-electron chi connectivity index (χ3n) is 3.28. The number of nitrogens with one attached hydrogen (secondary N) is 2. The van der Waals surface area contributed by atoms with Gasteiger partial charge in [-0.05, 0) is 38.8 Å². The van der Waals surface area contributed by atoms with Crippen molar-refractivity contribution in [2.45, 2.75) is 38.1 Å². The number of carbonyl (C=O) groups excluding carboxylic acids is 1. The van der Waals surface area contributed by atoms with Gasteiger partial charge in [0.2, 0.25) is 5.91 Å². The summed E-state index contributed by atoms with van der Waals surface area (Å²) in [7, 11) is 0. The van der Waals surface area contributed by atoms with Crippen LogP contribution in [-0.4, -0.2) is 49.6 Å². The average molecular weight is 225 g/mol. The fourth-order valence-electron chi connectivity index (χ4n) is 2.13. The number of amides is 1. The Hall–Kier alpha value is -0.610. The van der Waals surface area contributed by atoms with Crippen LogP contribution in [0.5, 0.6) is 0 Å². The molecule has 1 aliphatic carbocycles. The second-order valence-corrected chi connectivity index (χ2v) is 4.92. The minimum absolute atomic E-state index is 0.154. The molecule has 1 saturated carbocycles. The van der Waals surface area contributed by atoms with Crippen molar-refractivity contribution in [1.82, 2.24) is 15.5 Å². The average Bonchev–Trinajstić information content (AvgIpc) is 3.10. The molecule has 1 saturated heterocycles. The molecule has 2 N–H and O–H groups in total. The summed E-state index contributed by atoms with van der Waals surface area (Å²) in [4.78, 5) is 13.8. The predicted molar refractivity (Wildman–Crippen MR) is 64.3 cm³/mol. The minimum atomic E-state index is 0.154. The third-order valence-corrected chi connectivity index (χ3v) is 3.28. The molecule has 1 aliphatic heterocycles. The Morgan fingerprint density at radius 1 is 1.19 bits per heavy atom. The second-order valence-electron chi connectivity index (χ2n) is 4.92. The van der Waals surface area contributed by atoms with Gasteiger partial charge in [0.15, 0.2) is 0 Å². The molecular weight excluding hydrogens is 202 g/mol. The van der Waals surface area contributed by atoms with Crippen LogP contribution in [0.1, 0.15) is 32.1 Å². The van der Waals surface area contributed by atoms with Crippen LogP contribution in [0.25, 0.3) is 0 Å². The lowest BCUT2D eigenvalue weighted by molar-refractivity contribution is -0.120. The summed E-state index contributed by atoms with van der Waals surface area (Å²) in [5.41, 5.74) is 0. The van der Waals surface area contributed by atoms with Crippen molar-refractivity contribution in [3.8, 4) is 0 Å². The van der Waals surface area contributed by atoms with Gasteiger partial charge < -0.3 is 15.5 Å². The number of hydrogen-bond donors (Lipinski definition) is 2. The van der Waals surface area contributed by atoms with E-state index in [4.69, 9.17) is 0 Å². The molecule has 0 aromatic rings. The van der Waals surface area contributed by atoms with Gasteiger partial charge in [-0.25, -0.2) is 0 Å². The lowest BCUT2D eigenvalue weighted by Crippen LogP contribution is -2.40. The van der Waals surface area contributed by atoms with Crippen LogP contribution in [0.3, 0.4) is 0 Å². The quantitative estimate of drug-likeness (QED) is 0.641. The smallest absolute Gasteiger partial charge is 0.234 e. The van der Waals surface area contributed by atoms with Crippen LogP contribution >= 0.6 is 0 Å². The van der Waals surface area contributed by atoms with E-state index in [1.54, 1.807) is 0 Å². The van der Waals surface area contributed by atoms with Gasteiger partial charge in [0, 0.05) is 19.1 Å². The zero-order valence-electron chi connectivity index (χ0n) is 10.0. The molecule has 2 fully saturated rings. The minimum Gasteiger partial charge on any atom is -0.352 e. The first-order chi connectivity index (χ1) is 7.84. The Bertz CT molecular complexity index is 222. The van der Waals surface area contributed by atoms with Gasteiger partial charge >= 0.3 is 0 Å². The van der Waals surface area contributed by atoms with Gasteiger partial charge in [0.25, 0.3) is 0 Å². The molecule has 2 aliphatic rings. The lowest BCUT2D eigenvalue weighted by atomic mass is 10.1. The van der Waals surface area contributed by atoms with Gasteiger partial charge in [-0.2, -0.15) is 0 Å². The first kappa shape index (κ1) is 11.9. The highest BCUT2D eigenvalue weighted by Crippen LogP contribution is 2.18. The van der Waals surface area contributed by atoms with Crippen molar-refractivity contribution < 1.29 is 4.79 Å². The molecule has 0 spiro atoms. The molecule has 16 heavy (non-hydrogen) atoms. The van der Waals surface area contributed by atoms with E-state index in [0.717, 1.165) is 13.1 Å². The van der Waals surface area contributed by atoms with Gasteiger partial charge in [-0.1, -0.05) is 6.42 Å². The fourth-order valence-corrected chi connectivity index (χ4v) is 2.13. The zero-order valence-corrected chi connectivity index (χ0v) is 10.0. The monoisotopic (exact) mass is 225 g/mol. The summed E-state index contributed by atoms with van der Waals surface area (Å²) in [5, 5.41) is 6.19. The summed E-state index contributed by atoms with van der Waals surface area (Å²) < 4.78 is 0. The van der Waals surface area contributed by atoms with Crippen LogP contribution < -0.4 is 10.6 Å². The Morgan fingerprint density at radius 3 is 2.62 bits per heavy atom. The lowest BCUT2D eigenvalue weighted by Gasteiger charge is -2.26. The maximum Gasteiger partial charge on any atom is 0.234 e. The first-order valence-corrected chi connectivity index (χ1v) is 6.57. The van der Waals surface area contributed by atoms with E-state index in [1.165, 1.54) is 45.2 Å². The number of likely N-dealkylation sites (tertiary alicyclic amines) is 1. The van der Waals surface area contributed by atoms with Gasteiger partial charge in [-0.3, -0.25) is 4.79 Å². The standard InChI is InChI=1S/C12H23N3O/c16-12(14-11-4-5-11)10-13-6-9-15-7-2-1-3-8-15/h11,13H,1-10H2,(H,14,16). The van der Waals surface area contributed by atoms with Crippen molar-refractivity contribution >= 4 is 5.91 Å². The van der Waals surface area contributed by atoms with E-state index < -0.39 is 0 Å². The van der Waals surface area contributed by atoms with Crippen LogP contribution in [-0.2, 0) is 4.79 Å². The molecule has 0 atom stereocenters. The van der Waals surface area contributed by atoms with Crippen molar-refractivity contribution in [3.63, 3.8) is 0 Å². The van der Waals surface area contributed by atoms with Crippen LogP contribution in [0.15, 0.2) is 0 Å². The van der Waals surface area contributed by atoms with Crippen LogP contribution in [0, 0.1) is 0 Å². The molecule has 2 rings (SSSR count). The van der Waals surface area contributed by atoms with Crippen molar-refractivity contribution in [2.75, 3.05) is 32.7 Å². The van der Waals surface area contributed by atoms with E-state index in [0.29, 0.717) is 12.6 Å². The van der Waals surface area contributed by atoms with Crippen molar-refractivity contribution in [3.05, 3.63) is 0 Å². The molecule has 1 amide bonds. The fraction of sp³-hybridized carbons (Fsp3) is 0.917. The predicted octanol–water partition coefficient (Wildman–Crippen LogP) is 0.341. The van der Waals surface area contributed by atoms with Gasteiger partial charge in [0.1, 0.15) is 0 Å². The van der Waals surface area contributed by atoms with Gasteiger partial charge in [0.05, 0.1) is 6.54 Å². The van der Waals surface area contributed by atoms with E-state index in [-0.39, 0.29) is 5.91 Å². The van der Waals surface area contributed by atoms with E-state index in [1.807, 2.05) is 0 Å². The van der Waals surface area contributed by atoms with Crippen molar-refractivity contribution in [1.29, 1.82) is 0 Å². The highest BCUT2D eigenvalue weighted by atomic mass is 16.2. The maximum absolute atomic E-state index is 11.4. The highest BCUT2D eigenvalue weighted by Gasteiger charge is 2.22. The summed E-state index contributed by atoms with van der Waals surface area (Å²) in [6, 6.07) is 0.483. The topological polar surface area (TPSA) is 44.4 Å². The molecule has 4 nitrogen and oxygen atoms in total. The molecule has 0 bridgehead atoms. The van der Waals surface area contributed by atoms with Crippen molar-refractivity contribution in [2.24, 2.45) is 0 Å². The van der Waals surface area contributed by atoms with Gasteiger partial charge in [-0.15, -0.1) is 0 Å². The zero-order chi connectivity index (χ0) is 11.2. The largest absolute Gasteiger partial charge is 0.352 e. The Morgan fingerprint density at radius 2 is 1.94 bits per heavy atom. The number of nitrogens with zero attached hydrogens (tertiary/aromatic N) is 1. The van der Waals surface area contributed by atoms with E-state index in [2.05, 4.69) is 15.5 Å². The van der Waals surface area contributed by atoms with Crippen LogP contribution in [0.4, 0.5) is 0 Å². The highest BCUT2D eigenvalue weighted by molar-refractivity contribution is 5.78. The Balaban J connectivity index is 1.45. The SMILES string of the molecule is O=C(CNCCN1CCCCC1)NC1CC1. The summed E-state index contributed by atoms with van der Waals surface area (Å²) in [6.07, 6.45) is 6.39. The Kier molecular flexibility index (Phi) is 4.60. The summed E-state index contributed by atoms with van der Waals surface area (Å²) in [5.74, 6) is 0.154. The number of rotatable bonds is 6. The van der Waals surface area contributed by atoms with E-state index in [9.17, 15) is 4.79 Å². The normalized spacial score (nSPS) is 22.0. The van der Waals surface area contributed by atoms with Crippen LogP contribution in [0.2, 0.25) is 0 Å². The molecule has 0 aromatic carbocycles. The maximum atomic E-state index is 11.4. The molecule has 1 heterocycles. The molecule has 4 heteroatoms. The number of carbonyl (C=O) groups is 1. The Labute approximate surface area is 97.8 Å². The number of piperidine rings is 1. The molecule has 92 valence electrons. The molecule has 0 radical (unpaired) electrons. The molecule has 0 aromatic heterocycles. The second kappa shape index (κ2) is 6.21. The summed E-state index contributed by atoms with van der Waals surface area (Å²) in [6.45, 7) is 4.95.